The fourth-order valence-corrected chi connectivity index (χ4v) is 3.82. The van der Waals surface area contributed by atoms with E-state index in [1.54, 1.807) is 18.5 Å². The number of rotatable bonds is 6. The molecule has 0 unspecified atom stereocenters. The molecule has 3 aromatic rings. The quantitative estimate of drug-likeness (QED) is 0.724. The molecule has 0 fully saturated rings. The number of benzene rings is 1. The molecule has 22 heavy (non-hydrogen) atoms. The second-order valence-electron chi connectivity index (χ2n) is 4.65. The van der Waals surface area contributed by atoms with Gasteiger partial charge in [-0.3, -0.25) is 0 Å². The highest BCUT2D eigenvalue weighted by Crippen LogP contribution is 2.20. The Morgan fingerprint density at radius 3 is 3.00 bits per heavy atom. The molecule has 0 radical (unpaired) electrons. The van der Waals surface area contributed by atoms with Crippen LogP contribution in [0.1, 0.15) is 19.2 Å². The van der Waals surface area contributed by atoms with E-state index >= 15 is 0 Å². The van der Waals surface area contributed by atoms with Gasteiger partial charge in [-0.05, 0) is 18.6 Å². The minimum absolute atomic E-state index is 0.0796. The van der Waals surface area contributed by atoms with Crippen LogP contribution in [-0.2, 0) is 23.1 Å². The third kappa shape index (κ3) is 2.85. The van der Waals surface area contributed by atoms with Crippen LogP contribution in [0.15, 0.2) is 29.4 Å². The number of fused-ring (bicyclic) bond motifs is 1. The molecule has 1 aromatic carbocycles. The zero-order chi connectivity index (χ0) is 15.6. The van der Waals surface area contributed by atoms with Crippen molar-refractivity contribution in [2.45, 2.75) is 31.3 Å². The fraction of sp³-hybridized carbons (Fsp3) is 0.333. The molecule has 0 aliphatic heterocycles. The van der Waals surface area contributed by atoms with Gasteiger partial charge in [-0.2, -0.15) is 8.75 Å². The van der Waals surface area contributed by atoms with Crippen LogP contribution < -0.4 is 4.72 Å². The third-order valence-electron chi connectivity index (χ3n) is 3.12. The number of hydrogen-bond acceptors (Lipinski definition) is 7. The molecule has 0 amide bonds. The minimum Gasteiger partial charge on any atom is -0.316 e. The summed E-state index contributed by atoms with van der Waals surface area (Å²) in [4.78, 5) is 0.125. The van der Waals surface area contributed by atoms with E-state index < -0.39 is 10.0 Å². The molecule has 0 saturated carbocycles. The van der Waals surface area contributed by atoms with Crippen LogP contribution in [0.5, 0.6) is 0 Å². The molecule has 2 heterocycles. The summed E-state index contributed by atoms with van der Waals surface area (Å²) in [5.41, 5.74) is 0.956. The first kappa shape index (κ1) is 15.0. The topological polar surface area (TPSA) is 103 Å². The van der Waals surface area contributed by atoms with Crippen LogP contribution >= 0.6 is 11.7 Å². The zero-order valence-corrected chi connectivity index (χ0v) is 13.4. The van der Waals surface area contributed by atoms with Gasteiger partial charge in [-0.1, -0.05) is 13.0 Å². The van der Waals surface area contributed by atoms with E-state index in [0.29, 0.717) is 16.9 Å². The normalized spacial score (nSPS) is 12.0. The van der Waals surface area contributed by atoms with E-state index in [1.165, 1.54) is 6.07 Å². The van der Waals surface area contributed by atoms with Crippen molar-refractivity contribution in [2.75, 3.05) is 0 Å². The Kier molecular flexibility index (Phi) is 4.14. The van der Waals surface area contributed by atoms with Crippen LogP contribution in [0.4, 0.5) is 0 Å². The SMILES string of the molecule is CCCn1cnnc1CNS(=O)(=O)c1cccc2nsnc12. The summed E-state index contributed by atoms with van der Waals surface area (Å²) in [5, 5.41) is 7.76. The largest absolute Gasteiger partial charge is 0.316 e. The number of sulfonamides is 1. The highest BCUT2D eigenvalue weighted by Gasteiger charge is 2.20. The Hall–Kier alpha value is -1.91. The van der Waals surface area contributed by atoms with Crippen LogP contribution in [0, 0.1) is 0 Å². The van der Waals surface area contributed by atoms with E-state index in [9.17, 15) is 8.42 Å². The summed E-state index contributed by atoms with van der Waals surface area (Å²) in [6.07, 6.45) is 2.51. The lowest BCUT2D eigenvalue weighted by molar-refractivity contribution is 0.572. The maximum absolute atomic E-state index is 12.5. The van der Waals surface area contributed by atoms with Crippen LogP contribution in [0.3, 0.4) is 0 Å². The molecule has 10 heteroatoms. The highest BCUT2D eigenvalue weighted by atomic mass is 32.2. The van der Waals surface area contributed by atoms with Gasteiger partial charge >= 0.3 is 0 Å². The molecule has 116 valence electrons. The van der Waals surface area contributed by atoms with Gasteiger partial charge in [0.1, 0.15) is 28.1 Å². The summed E-state index contributed by atoms with van der Waals surface area (Å²) in [7, 11) is -3.69. The van der Waals surface area contributed by atoms with Crippen molar-refractivity contribution in [3.63, 3.8) is 0 Å². The fourth-order valence-electron chi connectivity index (χ4n) is 2.08. The molecule has 2 aromatic heterocycles. The summed E-state index contributed by atoms with van der Waals surface area (Å²) in [5.74, 6) is 0.578. The second kappa shape index (κ2) is 6.07. The van der Waals surface area contributed by atoms with E-state index in [-0.39, 0.29) is 11.4 Å². The lowest BCUT2D eigenvalue weighted by Crippen LogP contribution is -2.25. The molecule has 0 spiro atoms. The molecule has 0 bridgehead atoms. The van der Waals surface area contributed by atoms with Gasteiger partial charge in [0.25, 0.3) is 0 Å². The number of nitrogens with zero attached hydrogens (tertiary/aromatic N) is 5. The predicted octanol–water partition coefficient (Wildman–Crippen LogP) is 1.17. The monoisotopic (exact) mass is 338 g/mol. The van der Waals surface area contributed by atoms with Gasteiger partial charge in [-0.25, -0.2) is 13.1 Å². The van der Waals surface area contributed by atoms with Crippen molar-refractivity contribution >= 4 is 32.8 Å². The predicted molar refractivity (Wildman–Crippen MR) is 81.8 cm³/mol. The van der Waals surface area contributed by atoms with Gasteiger partial charge in [0, 0.05) is 6.54 Å². The van der Waals surface area contributed by atoms with Crippen LogP contribution in [0.25, 0.3) is 11.0 Å². The lowest BCUT2D eigenvalue weighted by atomic mass is 10.3. The van der Waals surface area contributed by atoms with Gasteiger partial charge in [0.2, 0.25) is 10.0 Å². The molecule has 3 rings (SSSR count). The highest BCUT2D eigenvalue weighted by molar-refractivity contribution is 7.89. The summed E-state index contributed by atoms with van der Waals surface area (Å²) in [6, 6.07) is 4.90. The molecular formula is C12H14N6O2S2. The maximum Gasteiger partial charge on any atom is 0.243 e. The molecule has 0 aliphatic rings. The Balaban J connectivity index is 1.85. The van der Waals surface area contributed by atoms with Crippen molar-refractivity contribution < 1.29 is 8.42 Å². The molecule has 0 atom stereocenters. The molecular weight excluding hydrogens is 324 g/mol. The first-order chi connectivity index (χ1) is 10.6. The van der Waals surface area contributed by atoms with Gasteiger partial charge in [-0.15, -0.1) is 10.2 Å². The second-order valence-corrected chi connectivity index (χ2v) is 6.92. The van der Waals surface area contributed by atoms with E-state index in [2.05, 4.69) is 23.7 Å². The van der Waals surface area contributed by atoms with Gasteiger partial charge in [0.05, 0.1) is 18.3 Å². The summed E-state index contributed by atoms with van der Waals surface area (Å²) >= 11 is 0.989. The van der Waals surface area contributed by atoms with Crippen molar-refractivity contribution in [3.8, 4) is 0 Å². The average Bonchev–Trinajstić information content (AvgIpc) is 3.13. The van der Waals surface area contributed by atoms with Gasteiger partial charge < -0.3 is 4.57 Å². The zero-order valence-electron chi connectivity index (χ0n) is 11.8. The number of aryl methyl sites for hydroxylation is 1. The Morgan fingerprint density at radius 1 is 1.32 bits per heavy atom. The van der Waals surface area contributed by atoms with Crippen molar-refractivity contribution in [3.05, 3.63) is 30.4 Å². The average molecular weight is 338 g/mol. The Morgan fingerprint density at radius 2 is 2.18 bits per heavy atom. The summed E-state index contributed by atoms with van der Waals surface area (Å²) in [6.45, 7) is 2.86. The number of nitrogens with one attached hydrogen (secondary N) is 1. The molecule has 0 aliphatic carbocycles. The Labute approximate surface area is 131 Å². The maximum atomic E-state index is 12.5. The Bertz CT molecular complexity index is 886. The first-order valence-electron chi connectivity index (χ1n) is 6.69. The smallest absolute Gasteiger partial charge is 0.243 e. The van der Waals surface area contributed by atoms with Crippen LogP contribution in [0.2, 0.25) is 0 Å². The molecule has 0 saturated heterocycles. The lowest BCUT2D eigenvalue weighted by Gasteiger charge is -2.08. The van der Waals surface area contributed by atoms with E-state index in [0.717, 1.165) is 24.7 Å². The third-order valence-corrected chi connectivity index (χ3v) is 5.09. The van der Waals surface area contributed by atoms with E-state index in [1.807, 2.05) is 11.5 Å². The van der Waals surface area contributed by atoms with Crippen molar-refractivity contribution in [1.29, 1.82) is 0 Å². The number of hydrogen-bond donors (Lipinski definition) is 1. The van der Waals surface area contributed by atoms with E-state index in [4.69, 9.17) is 0 Å². The first-order valence-corrected chi connectivity index (χ1v) is 8.91. The minimum atomic E-state index is -3.69. The summed E-state index contributed by atoms with van der Waals surface area (Å²) < 4.78 is 37.4. The standard InChI is InChI=1S/C12H14N6O2S2/c1-2-6-18-8-13-15-11(18)7-14-22(19,20)10-5-3-4-9-12(10)17-21-16-9/h3-5,8,14H,2,6-7H2,1H3. The molecule has 1 N–H and O–H groups in total. The molecule has 8 nitrogen and oxygen atoms in total. The van der Waals surface area contributed by atoms with Crippen molar-refractivity contribution in [2.24, 2.45) is 0 Å². The number of aromatic nitrogens is 5. The van der Waals surface area contributed by atoms with Gasteiger partial charge in [0.15, 0.2) is 0 Å². The van der Waals surface area contributed by atoms with Crippen molar-refractivity contribution in [1.82, 2.24) is 28.2 Å². The van der Waals surface area contributed by atoms with Crippen LogP contribution in [-0.4, -0.2) is 31.9 Å².